The summed E-state index contributed by atoms with van der Waals surface area (Å²) >= 11 is 0. The number of rotatable bonds is 12. The van der Waals surface area contributed by atoms with Crippen LogP contribution >= 0.6 is 0 Å². The average molecular weight is 383 g/mol. The summed E-state index contributed by atoms with van der Waals surface area (Å²) in [6.07, 6.45) is 6.05. The number of unbranched alkanes of at least 4 members (excludes halogenated alkanes) is 4. The first kappa shape index (κ1) is 21.3. The zero-order valence-electron chi connectivity index (χ0n) is 16.4. The van der Waals surface area contributed by atoms with Crippen LogP contribution in [0.4, 0.5) is 11.4 Å². The molecule has 4 N–H and O–H groups in total. The van der Waals surface area contributed by atoms with Gasteiger partial charge in [0, 0.05) is 16.9 Å². The molecule has 0 saturated heterocycles. The molecule has 0 aliphatic heterocycles. The molecule has 0 aliphatic rings. The molecular weight excluding hydrogens is 354 g/mol. The highest BCUT2D eigenvalue weighted by Gasteiger charge is 2.05. The van der Waals surface area contributed by atoms with Crippen molar-refractivity contribution in [2.75, 3.05) is 23.8 Å². The standard InChI is InChI=1S/C22H29N3O3/c1-2-3-4-5-6-14-28-20-12-10-18(11-13-20)24-16-21(26)25-19-9-7-8-17(15-19)22(23)27/h7-13,15,24H,2-6,14,16H2,1H3,(H2,23,27)(H,25,26). The Bertz CT molecular complexity index is 760. The minimum absolute atomic E-state index is 0.110. The first-order valence-electron chi connectivity index (χ1n) is 9.75. The fourth-order valence-corrected chi connectivity index (χ4v) is 2.70. The van der Waals surface area contributed by atoms with E-state index in [9.17, 15) is 9.59 Å². The monoisotopic (exact) mass is 383 g/mol. The number of ether oxygens (including phenoxy) is 1. The Kier molecular flexibility index (Phi) is 8.85. The summed E-state index contributed by atoms with van der Waals surface area (Å²) in [6.45, 7) is 3.04. The highest BCUT2D eigenvalue weighted by atomic mass is 16.5. The molecule has 2 aromatic carbocycles. The number of hydrogen-bond donors (Lipinski definition) is 3. The number of anilines is 2. The summed E-state index contributed by atoms with van der Waals surface area (Å²) in [5, 5.41) is 5.79. The predicted octanol–water partition coefficient (Wildman–Crippen LogP) is 4.19. The van der Waals surface area contributed by atoms with Crippen LogP contribution in [0.1, 0.15) is 49.4 Å². The van der Waals surface area contributed by atoms with Crippen LogP contribution in [0.25, 0.3) is 0 Å². The second-order valence-corrected chi connectivity index (χ2v) is 6.63. The Labute approximate surface area is 166 Å². The van der Waals surface area contributed by atoms with Gasteiger partial charge in [-0.15, -0.1) is 0 Å². The number of carbonyl (C=O) groups is 2. The van der Waals surface area contributed by atoms with Crippen LogP contribution in [0, 0.1) is 0 Å². The van der Waals surface area contributed by atoms with E-state index in [1.165, 1.54) is 25.7 Å². The summed E-state index contributed by atoms with van der Waals surface area (Å²) in [6, 6.07) is 14.1. The maximum atomic E-state index is 12.1. The normalized spacial score (nSPS) is 10.3. The average Bonchev–Trinajstić information content (AvgIpc) is 2.70. The molecule has 28 heavy (non-hydrogen) atoms. The molecule has 0 fully saturated rings. The van der Waals surface area contributed by atoms with Gasteiger partial charge in [0.2, 0.25) is 11.8 Å². The van der Waals surface area contributed by atoms with E-state index in [0.29, 0.717) is 11.3 Å². The second-order valence-electron chi connectivity index (χ2n) is 6.63. The summed E-state index contributed by atoms with van der Waals surface area (Å²) in [7, 11) is 0. The molecule has 6 heteroatoms. The third-order valence-electron chi connectivity index (χ3n) is 4.25. The quantitative estimate of drug-likeness (QED) is 0.479. The zero-order valence-corrected chi connectivity index (χ0v) is 16.4. The number of hydrogen-bond acceptors (Lipinski definition) is 4. The summed E-state index contributed by atoms with van der Waals surface area (Å²) in [5.41, 5.74) is 6.96. The van der Waals surface area contributed by atoms with Crippen LogP contribution < -0.4 is 21.1 Å². The smallest absolute Gasteiger partial charge is 0.248 e. The highest BCUT2D eigenvalue weighted by molar-refractivity contribution is 5.97. The molecular formula is C22H29N3O3. The lowest BCUT2D eigenvalue weighted by atomic mass is 10.2. The summed E-state index contributed by atoms with van der Waals surface area (Å²) in [5.74, 6) is 0.0836. The van der Waals surface area contributed by atoms with Crippen LogP contribution in [-0.2, 0) is 4.79 Å². The molecule has 2 rings (SSSR count). The third-order valence-corrected chi connectivity index (χ3v) is 4.25. The zero-order chi connectivity index (χ0) is 20.2. The molecule has 6 nitrogen and oxygen atoms in total. The van der Waals surface area contributed by atoms with Gasteiger partial charge in [0.25, 0.3) is 0 Å². The van der Waals surface area contributed by atoms with Crippen molar-refractivity contribution in [2.24, 2.45) is 5.73 Å². The first-order chi connectivity index (χ1) is 13.6. The van der Waals surface area contributed by atoms with Crippen molar-refractivity contribution in [3.05, 3.63) is 54.1 Å². The van der Waals surface area contributed by atoms with Crippen LogP contribution in [0.2, 0.25) is 0 Å². The van der Waals surface area contributed by atoms with Crippen LogP contribution in [0.3, 0.4) is 0 Å². The Morgan fingerprint density at radius 3 is 2.43 bits per heavy atom. The van der Waals surface area contributed by atoms with Gasteiger partial charge in [-0.05, 0) is 48.9 Å². The van der Waals surface area contributed by atoms with Gasteiger partial charge < -0.3 is 21.1 Å². The molecule has 0 heterocycles. The van der Waals surface area contributed by atoms with E-state index in [1.807, 2.05) is 24.3 Å². The Morgan fingerprint density at radius 2 is 1.71 bits per heavy atom. The maximum absolute atomic E-state index is 12.1. The van der Waals surface area contributed by atoms with Gasteiger partial charge in [0.1, 0.15) is 5.75 Å². The fraction of sp³-hybridized carbons (Fsp3) is 0.364. The van der Waals surface area contributed by atoms with Crippen molar-refractivity contribution in [2.45, 2.75) is 39.0 Å². The molecule has 0 bridgehead atoms. The lowest BCUT2D eigenvalue weighted by molar-refractivity contribution is -0.114. The maximum Gasteiger partial charge on any atom is 0.248 e. The molecule has 0 aromatic heterocycles. The minimum Gasteiger partial charge on any atom is -0.494 e. The van der Waals surface area contributed by atoms with Crippen LogP contribution in [0.15, 0.2) is 48.5 Å². The van der Waals surface area contributed by atoms with E-state index in [4.69, 9.17) is 10.5 Å². The number of nitrogens with two attached hydrogens (primary N) is 1. The van der Waals surface area contributed by atoms with Gasteiger partial charge in [0.05, 0.1) is 13.2 Å². The number of nitrogens with one attached hydrogen (secondary N) is 2. The van der Waals surface area contributed by atoms with Crippen molar-refractivity contribution in [3.8, 4) is 5.75 Å². The molecule has 0 radical (unpaired) electrons. The Hall–Kier alpha value is -3.02. The molecule has 0 saturated carbocycles. The first-order valence-corrected chi connectivity index (χ1v) is 9.75. The second kappa shape index (κ2) is 11.6. The molecule has 150 valence electrons. The van der Waals surface area contributed by atoms with Crippen molar-refractivity contribution < 1.29 is 14.3 Å². The lowest BCUT2D eigenvalue weighted by Crippen LogP contribution is -2.22. The minimum atomic E-state index is -0.530. The number of carbonyl (C=O) groups excluding carboxylic acids is 2. The van der Waals surface area contributed by atoms with Crippen LogP contribution in [0.5, 0.6) is 5.75 Å². The summed E-state index contributed by atoms with van der Waals surface area (Å²) < 4.78 is 5.73. The topological polar surface area (TPSA) is 93.4 Å². The fourth-order valence-electron chi connectivity index (χ4n) is 2.70. The van der Waals surface area contributed by atoms with E-state index < -0.39 is 5.91 Å². The van der Waals surface area contributed by atoms with Crippen molar-refractivity contribution in [1.29, 1.82) is 0 Å². The lowest BCUT2D eigenvalue weighted by Gasteiger charge is -2.10. The predicted molar refractivity (Wildman–Crippen MR) is 113 cm³/mol. The van der Waals surface area contributed by atoms with Gasteiger partial charge in [0.15, 0.2) is 0 Å². The Morgan fingerprint density at radius 1 is 0.964 bits per heavy atom. The van der Waals surface area contributed by atoms with Gasteiger partial charge >= 0.3 is 0 Å². The summed E-state index contributed by atoms with van der Waals surface area (Å²) in [4.78, 5) is 23.3. The Balaban J connectivity index is 1.71. The van der Waals surface area contributed by atoms with E-state index >= 15 is 0 Å². The van der Waals surface area contributed by atoms with Crippen molar-refractivity contribution >= 4 is 23.2 Å². The molecule has 0 unspecified atom stereocenters. The molecule has 0 atom stereocenters. The van der Waals surface area contributed by atoms with E-state index in [1.54, 1.807) is 24.3 Å². The number of primary amides is 1. The molecule has 2 aromatic rings. The number of benzene rings is 2. The van der Waals surface area contributed by atoms with Crippen molar-refractivity contribution in [3.63, 3.8) is 0 Å². The van der Waals surface area contributed by atoms with Crippen molar-refractivity contribution in [1.82, 2.24) is 0 Å². The van der Waals surface area contributed by atoms with Gasteiger partial charge in [-0.1, -0.05) is 38.7 Å². The highest BCUT2D eigenvalue weighted by Crippen LogP contribution is 2.16. The molecule has 0 aliphatic carbocycles. The van der Waals surface area contributed by atoms with E-state index in [2.05, 4.69) is 17.6 Å². The third kappa shape index (κ3) is 7.70. The molecule has 0 spiro atoms. The van der Waals surface area contributed by atoms with E-state index in [-0.39, 0.29) is 12.5 Å². The van der Waals surface area contributed by atoms with Gasteiger partial charge in [-0.3, -0.25) is 9.59 Å². The number of amides is 2. The van der Waals surface area contributed by atoms with Gasteiger partial charge in [-0.25, -0.2) is 0 Å². The van der Waals surface area contributed by atoms with Gasteiger partial charge in [-0.2, -0.15) is 0 Å². The SMILES string of the molecule is CCCCCCCOc1ccc(NCC(=O)Nc2cccc(C(N)=O)c2)cc1. The largest absolute Gasteiger partial charge is 0.494 e. The van der Waals surface area contributed by atoms with E-state index in [0.717, 1.165) is 24.5 Å². The van der Waals surface area contributed by atoms with Crippen LogP contribution in [-0.4, -0.2) is 25.0 Å². The molecule has 2 amide bonds.